The molecule has 98 valence electrons. The summed E-state index contributed by atoms with van der Waals surface area (Å²) in [6, 6.07) is 1.79. The average Bonchev–Trinajstić information content (AvgIpc) is 2.35. The van der Waals surface area contributed by atoms with Crippen molar-refractivity contribution in [1.82, 2.24) is 10.3 Å². The third-order valence-corrected chi connectivity index (χ3v) is 3.83. The lowest BCUT2D eigenvalue weighted by molar-refractivity contribution is 0.0910. The van der Waals surface area contributed by atoms with Gasteiger partial charge < -0.3 is 11.1 Å². The van der Waals surface area contributed by atoms with E-state index in [9.17, 15) is 4.79 Å². The van der Waals surface area contributed by atoms with Gasteiger partial charge in [-0.05, 0) is 24.8 Å². The first-order valence-corrected chi connectivity index (χ1v) is 6.67. The van der Waals surface area contributed by atoms with Gasteiger partial charge in [0.1, 0.15) is 5.15 Å². The molecule has 0 bridgehead atoms. The van der Waals surface area contributed by atoms with E-state index in [0.29, 0.717) is 17.2 Å². The van der Waals surface area contributed by atoms with Gasteiger partial charge in [-0.2, -0.15) is 0 Å². The van der Waals surface area contributed by atoms with Gasteiger partial charge in [0.2, 0.25) is 0 Å². The van der Waals surface area contributed by atoms with Crippen molar-refractivity contribution in [2.75, 3.05) is 5.73 Å². The number of amides is 1. The highest BCUT2D eigenvalue weighted by Crippen LogP contribution is 2.24. The molecular formula is C13H18ClN3O. The summed E-state index contributed by atoms with van der Waals surface area (Å²) in [5, 5.41) is 3.23. The molecule has 1 aromatic rings. The third-order valence-electron chi connectivity index (χ3n) is 3.53. The smallest absolute Gasteiger partial charge is 0.254 e. The van der Waals surface area contributed by atoms with Crippen LogP contribution in [0, 0.1) is 5.92 Å². The number of pyridine rings is 1. The summed E-state index contributed by atoms with van der Waals surface area (Å²) in [7, 11) is 0. The Morgan fingerprint density at radius 3 is 2.94 bits per heavy atom. The van der Waals surface area contributed by atoms with Gasteiger partial charge in [0.15, 0.2) is 0 Å². The number of anilines is 1. The molecule has 2 unspecified atom stereocenters. The van der Waals surface area contributed by atoms with Crippen LogP contribution < -0.4 is 11.1 Å². The third kappa shape index (κ3) is 2.93. The van der Waals surface area contributed by atoms with Gasteiger partial charge in [0.05, 0.1) is 17.4 Å². The van der Waals surface area contributed by atoms with E-state index in [1.807, 2.05) is 0 Å². The molecule has 1 aliphatic rings. The molecule has 0 aromatic carbocycles. The van der Waals surface area contributed by atoms with Crippen LogP contribution in [0.2, 0.25) is 5.15 Å². The Balaban J connectivity index is 2.09. The van der Waals surface area contributed by atoms with E-state index >= 15 is 0 Å². The molecule has 2 rings (SSSR count). The number of nitrogens with one attached hydrogen (secondary N) is 1. The maximum atomic E-state index is 12.1. The number of halogens is 1. The Kier molecular flexibility index (Phi) is 4.07. The van der Waals surface area contributed by atoms with Crippen molar-refractivity contribution in [3.8, 4) is 0 Å². The average molecular weight is 268 g/mol. The Bertz CT molecular complexity index is 450. The number of rotatable bonds is 2. The van der Waals surface area contributed by atoms with E-state index in [4.69, 9.17) is 17.3 Å². The van der Waals surface area contributed by atoms with Gasteiger partial charge in [-0.25, -0.2) is 4.98 Å². The Hall–Kier alpha value is -1.29. The van der Waals surface area contributed by atoms with Crippen molar-refractivity contribution < 1.29 is 4.79 Å². The summed E-state index contributed by atoms with van der Waals surface area (Å²) < 4.78 is 0. The quantitative estimate of drug-likeness (QED) is 0.810. The maximum absolute atomic E-state index is 12.1. The molecule has 1 aliphatic carbocycles. The SMILES string of the molecule is CC1CCCCC1NC(=O)c1cc(N)cnc1Cl. The highest BCUT2D eigenvalue weighted by atomic mass is 35.5. The van der Waals surface area contributed by atoms with Gasteiger partial charge in [-0.3, -0.25) is 4.79 Å². The summed E-state index contributed by atoms with van der Waals surface area (Å²) in [5.74, 6) is 0.328. The van der Waals surface area contributed by atoms with E-state index in [-0.39, 0.29) is 17.1 Å². The predicted molar refractivity (Wildman–Crippen MR) is 72.5 cm³/mol. The second-order valence-electron chi connectivity index (χ2n) is 4.95. The minimum atomic E-state index is -0.182. The van der Waals surface area contributed by atoms with E-state index < -0.39 is 0 Å². The van der Waals surface area contributed by atoms with Crippen LogP contribution in [-0.2, 0) is 0 Å². The Morgan fingerprint density at radius 2 is 2.22 bits per heavy atom. The zero-order valence-corrected chi connectivity index (χ0v) is 11.2. The molecule has 5 heteroatoms. The van der Waals surface area contributed by atoms with Crippen molar-refractivity contribution >= 4 is 23.2 Å². The largest absolute Gasteiger partial charge is 0.397 e. The second-order valence-corrected chi connectivity index (χ2v) is 5.31. The monoisotopic (exact) mass is 267 g/mol. The van der Waals surface area contributed by atoms with Gasteiger partial charge in [0.25, 0.3) is 5.91 Å². The van der Waals surface area contributed by atoms with Gasteiger partial charge in [0, 0.05) is 6.04 Å². The standard InChI is InChI=1S/C13H18ClN3O/c1-8-4-2-3-5-11(8)17-13(18)10-6-9(15)7-16-12(10)14/h6-8,11H,2-5,15H2,1H3,(H,17,18). The molecule has 0 aliphatic heterocycles. The molecule has 1 saturated carbocycles. The number of aromatic nitrogens is 1. The number of nitrogens with zero attached hydrogens (tertiary/aromatic N) is 1. The number of carbonyl (C=O) groups is 1. The van der Waals surface area contributed by atoms with Crippen molar-refractivity contribution in [1.29, 1.82) is 0 Å². The zero-order valence-electron chi connectivity index (χ0n) is 10.4. The second kappa shape index (κ2) is 5.57. The number of nitrogens with two attached hydrogens (primary N) is 1. The van der Waals surface area contributed by atoms with Crippen LogP contribution in [0.15, 0.2) is 12.3 Å². The number of hydrogen-bond donors (Lipinski definition) is 2. The maximum Gasteiger partial charge on any atom is 0.254 e. The first-order chi connectivity index (χ1) is 8.58. The fraction of sp³-hybridized carbons (Fsp3) is 0.538. The highest BCUT2D eigenvalue weighted by Gasteiger charge is 2.24. The number of nitrogen functional groups attached to an aromatic ring is 1. The molecule has 1 heterocycles. The molecule has 0 saturated heterocycles. The van der Waals surface area contributed by atoms with Crippen LogP contribution in [0.25, 0.3) is 0 Å². The van der Waals surface area contributed by atoms with Gasteiger partial charge >= 0.3 is 0 Å². The molecule has 4 nitrogen and oxygen atoms in total. The number of carbonyl (C=O) groups excluding carboxylic acids is 1. The molecule has 0 radical (unpaired) electrons. The first kappa shape index (κ1) is 13.1. The minimum Gasteiger partial charge on any atom is -0.397 e. The van der Waals surface area contributed by atoms with Crippen molar-refractivity contribution in [2.45, 2.75) is 38.6 Å². The minimum absolute atomic E-state index is 0.182. The molecule has 1 aromatic heterocycles. The van der Waals surface area contributed by atoms with Crippen molar-refractivity contribution in [2.24, 2.45) is 5.92 Å². The summed E-state index contributed by atoms with van der Waals surface area (Å²) in [6.07, 6.45) is 6.04. The fourth-order valence-electron chi connectivity index (χ4n) is 2.40. The molecule has 3 N–H and O–H groups in total. The summed E-state index contributed by atoms with van der Waals surface area (Å²) in [5.41, 5.74) is 6.43. The van der Waals surface area contributed by atoms with Crippen LogP contribution in [-0.4, -0.2) is 16.9 Å². The molecule has 1 fully saturated rings. The van der Waals surface area contributed by atoms with E-state index in [1.165, 1.54) is 12.6 Å². The van der Waals surface area contributed by atoms with E-state index in [0.717, 1.165) is 19.3 Å². The zero-order chi connectivity index (χ0) is 13.1. The van der Waals surface area contributed by atoms with Gasteiger partial charge in [-0.15, -0.1) is 0 Å². The summed E-state index contributed by atoms with van der Waals surface area (Å²) in [4.78, 5) is 16.0. The summed E-state index contributed by atoms with van der Waals surface area (Å²) >= 11 is 5.92. The molecule has 2 atom stereocenters. The summed E-state index contributed by atoms with van der Waals surface area (Å²) in [6.45, 7) is 2.17. The van der Waals surface area contributed by atoms with Crippen LogP contribution in [0.4, 0.5) is 5.69 Å². The predicted octanol–water partition coefficient (Wildman–Crippen LogP) is 2.63. The molecule has 1 amide bonds. The van der Waals surface area contributed by atoms with Crippen LogP contribution in [0.3, 0.4) is 0 Å². The highest BCUT2D eigenvalue weighted by molar-refractivity contribution is 6.32. The topological polar surface area (TPSA) is 68.0 Å². The lowest BCUT2D eigenvalue weighted by Crippen LogP contribution is -2.41. The van der Waals surface area contributed by atoms with E-state index in [1.54, 1.807) is 6.07 Å². The Labute approximate surface area is 112 Å². The Morgan fingerprint density at radius 1 is 1.50 bits per heavy atom. The molecule has 0 spiro atoms. The van der Waals surface area contributed by atoms with Crippen LogP contribution >= 0.6 is 11.6 Å². The van der Waals surface area contributed by atoms with E-state index in [2.05, 4.69) is 17.2 Å². The van der Waals surface area contributed by atoms with Gasteiger partial charge in [-0.1, -0.05) is 31.4 Å². The fourth-order valence-corrected chi connectivity index (χ4v) is 2.59. The van der Waals surface area contributed by atoms with Crippen LogP contribution in [0.5, 0.6) is 0 Å². The molecule has 18 heavy (non-hydrogen) atoms. The number of hydrogen-bond acceptors (Lipinski definition) is 3. The lowest BCUT2D eigenvalue weighted by atomic mass is 9.86. The molecular weight excluding hydrogens is 250 g/mol. The van der Waals surface area contributed by atoms with Crippen molar-refractivity contribution in [3.05, 3.63) is 23.0 Å². The lowest BCUT2D eigenvalue weighted by Gasteiger charge is -2.29. The normalized spacial score (nSPS) is 23.7. The first-order valence-electron chi connectivity index (χ1n) is 6.30. The van der Waals surface area contributed by atoms with Crippen LogP contribution in [0.1, 0.15) is 43.0 Å². The van der Waals surface area contributed by atoms with Crippen molar-refractivity contribution in [3.63, 3.8) is 0 Å².